The Morgan fingerprint density at radius 1 is 1.44 bits per heavy atom. The molecular formula is C11H11BrFN3. The summed E-state index contributed by atoms with van der Waals surface area (Å²) in [6.45, 7) is 2.19. The molecule has 0 spiro atoms. The lowest BCUT2D eigenvalue weighted by Gasteiger charge is -2.06. The fourth-order valence-corrected chi connectivity index (χ4v) is 1.93. The van der Waals surface area contributed by atoms with E-state index >= 15 is 0 Å². The Bertz CT molecular complexity index is 522. The van der Waals surface area contributed by atoms with Crippen molar-refractivity contribution in [2.75, 3.05) is 5.73 Å². The van der Waals surface area contributed by atoms with Crippen LogP contribution in [0.2, 0.25) is 0 Å². The van der Waals surface area contributed by atoms with Crippen molar-refractivity contribution < 1.29 is 4.39 Å². The molecule has 0 atom stereocenters. The second-order valence-corrected chi connectivity index (χ2v) is 4.52. The van der Waals surface area contributed by atoms with E-state index in [9.17, 15) is 4.39 Å². The summed E-state index contributed by atoms with van der Waals surface area (Å²) in [6.07, 6.45) is 0. The van der Waals surface area contributed by atoms with E-state index in [4.69, 9.17) is 5.73 Å². The number of nitrogens with two attached hydrogens (primary N) is 1. The number of halogens is 2. The number of benzene rings is 1. The fourth-order valence-electron chi connectivity index (χ4n) is 1.52. The number of nitrogens with zero attached hydrogens (tertiary/aromatic N) is 2. The van der Waals surface area contributed by atoms with Crippen molar-refractivity contribution in [3.8, 4) is 0 Å². The highest BCUT2D eigenvalue weighted by atomic mass is 79.9. The number of aromatic nitrogens is 2. The van der Waals surface area contributed by atoms with Gasteiger partial charge in [-0.05, 0) is 25.1 Å². The molecule has 0 aliphatic heterocycles. The maximum absolute atomic E-state index is 13.5. The molecule has 1 aromatic carbocycles. The number of nitrogen functional groups attached to an aromatic ring is 1. The molecule has 0 unspecified atom stereocenters. The molecule has 0 aliphatic rings. The lowest BCUT2D eigenvalue weighted by Crippen LogP contribution is -2.07. The minimum Gasteiger partial charge on any atom is -0.384 e. The van der Waals surface area contributed by atoms with E-state index in [0.29, 0.717) is 17.9 Å². The Balaban J connectivity index is 2.33. The van der Waals surface area contributed by atoms with Gasteiger partial charge in [0.1, 0.15) is 11.6 Å². The predicted octanol–water partition coefficient (Wildman–Crippen LogP) is 2.72. The van der Waals surface area contributed by atoms with Gasteiger partial charge in [-0.2, -0.15) is 5.10 Å². The molecule has 1 heterocycles. The summed E-state index contributed by atoms with van der Waals surface area (Å²) in [5.74, 6) is 0.285. The van der Waals surface area contributed by atoms with E-state index in [1.54, 1.807) is 22.9 Å². The summed E-state index contributed by atoms with van der Waals surface area (Å²) >= 11 is 3.31. The molecule has 0 saturated heterocycles. The second-order valence-electron chi connectivity index (χ2n) is 3.60. The fraction of sp³-hybridized carbons (Fsp3) is 0.182. The first-order valence-electron chi connectivity index (χ1n) is 4.80. The molecule has 16 heavy (non-hydrogen) atoms. The van der Waals surface area contributed by atoms with Crippen LogP contribution in [0.25, 0.3) is 0 Å². The molecule has 1 aromatic heterocycles. The van der Waals surface area contributed by atoms with Crippen LogP contribution in [0.4, 0.5) is 10.2 Å². The minimum atomic E-state index is -0.254. The van der Waals surface area contributed by atoms with E-state index < -0.39 is 0 Å². The van der Waals surface area contributed by atoms with E-state index in [1.807, 2.05) is 6.92 Å². The molecule has 5 heteroatoms. The van der Waals surface area contributed by atoms with Crippen molar-refractivity contribution in [2.45, 2.75) is 13.5 Å². The van der Waals surface area contributed by atoms with Crippen LogP contribution in [-0.2, 0) is 6.54 Å². The number of anilines is 1. The van der Waals surface area contributed by atoms with Gasteiger partial charge in [-0.15, -0.1) is 0 Å². The summed E-state index contributed by atoms with van der Waals surface area (Å²) < 4.78 is 15.9. The predicted molar refractivity (Wildman–Crippen MR) is 64.6 cm³/mol. The molecule has 2 aromatic rings. The van der Waals surface area contributed by atoms with Crippen molar-refractivity contribution in [3.05, 3.63) is 45.8 Å². The summed E-state index contributed by atoms with van der Waals surface area (Å²) in [7, 11) is 0. The van der Waals surface area contributed by atoms with Crippen molar-refractivity contribution in [3.63, 3.8) is 0 Å². The molecule has 3 nitrogen and oxygen atoms in total. The largest absolute Gasteiger partial charge is 0.384 e. The van der Waals surface area contributed by atoms with Gasteiger partial charge in [-0.25, -0.2) is 9.07 Å². The average Bonchev–Trinajstić information content (AvgIpc) is 2.51. The van der Waals surface area contributed by atoms with E-state index in [0.717, 1.165) is 10.2 Å². The van der Waals surface area contributed by atoms with E-state index in [2.05, 4.69) is 21.0 Å². The van der Waals surface area contributed by atoms with Crippen molar-refractivity contribution in [1.82, 2.24) is 9.78 Å². The minimum absolute atomic E-state index is 0.254. The molecule has 0 fully saturated rings. The van der Waals surface area contributed by atoms with E-state index in [1.165, 1.54) is 6.07 Å². The highest BCUT2D eigenvalue weighted by molar-refractivity contribution is 9.10. The Hall–Kier alpha value is -1.36. The van der Waals surface area contributed by atoms with Crippen LogP contribution in [-0.4, -0.2) is 9.78 Å². The van der Waals surface area contributed by atoms with E-state index in [-0.39, 0.29) is 5.82 Å². The van der Waals surface area contributed by atoms with Gasteiger partial charge in [-0.3, -0.25) is 0 Å². The highest BCUT2D eigenvalue weighted by Crippen LogP contribution is 2.17. The van der Waals surface area contributed by atoms with Gasteiger partial charge in [0.2, 0.25) is 0 Å². The van der Waals surface area contributed by atoms with Crippen LogP contribution in [0.5, 0.6) is 0 Å². The van der Waals surface area contributed by atoms with Crippen LogP contribution in [0, 0.1) is 12.7 Å². The zero-order chi connectivity index (χ0) is 11.7. The zero-order valence-corrected chi connectivity index (χ0v) is 10.3. The topological polar surface area (TPSA) is 43.8 Å². The molecule has 0 aliphatic carbocycles. The van der Waals surface area contributed by atoms with Gasteiger partial charge in [0.05, 0.1) is 12.2 Å². The maximum atomic E-state index is 13.5. The number of rotatable bonds is 2. The normalized spacial score (nSPS) is 10.7. The molecule has 84 valence electrons. The SMILES string of the molecule is Cc1cc(N)n(Cc2cc(Br)ccc2F)n1. The van der Waals surface area contributed by atoms with Crippen molar-refractivity contribution >= 4 is 21.7 Å². The lowest BCUT2D eigenvalue weighted by atomic mass is 10.2. The van der Waals surface area contributed by atoms with Gasteiger partial charge in [0.25, 0.3) is 0 Å². The highest BCUT2D eigenvalue weighted by Gasteiger charge is 2.07. The second kappa shape index (κ2) is 4.25. The van der Waals surface area contributed by atoms with Crippen LogP contribution < -0.4 is 5.73 Å². The first-order valence-corrected chi connectivity index (χ1v) is 5.59. The van der Waals surface area contributed by atoms with Gasteiger partial charge in [-0.1, -0.05) is 15.9 Å². The van der Waals surface area contributed by atoms with Crippen molar-refractivity contribution in [1.29, 1.82) is 0 Å². The first kappa shape index (κ1) is 11.1. The Kier molecular flexibility index (Phi) is 2.96. The summed E-state index contributed by atoms with van der Waals surface area (Å²) in [5.41, 5.74) is 7.13. The maximum Gasteiger partial charge on any atom is 0.128 e. The summed E-state index contributed by atoms with van der Waals surface area (Å²) in [4.78, 5) is 0. The zero-order valence-electron chi connectivity index (χ0n) is 8.74. The first-order chi connectivity index (χ1) is 7.56. The van der Waals surface area contributed by atoms with Crippen LogP contribution >= 0.6 is 15.9 Å². The molecule has 2 rings (SSSR count). The smallest absolute Gasteiger partial charge is 0.128 e. The quantitative estimate of drug-likeness (QED) is 0.921. The van der Waals surface area contributed by atoms with Crippen LogP contribution in [0.15, 0.2) is 28.7 Å². The molecule has 0 amide bonds. The van der Waals surface area contributed by atoms with Crippen LogP contribution in [0.3, 0.4) is 0 Å². The summed E-state index contributed by atoms with van der Waals surface area (Å²) in [5, 5.41) is 4.19. The lowest BCUT2D eigenvalue weighted by molar-refractivity contribution is 0.586. The third kappa shape index (κ3) is 2.24. The number of aryl methyl sites for hydroxylation is 1. The number of hydrogen-bond donors (Lipinski definition) is 1. The Morgan fingerprint density at radius 3 is 2.81 bits per heavy atom. The molecule has 0 saturated carbocycles. The molecule has 2 N–H and O–H groups in total. The monoisotopic (exact) mass is 283 g/mol. The van der Waals surface area contributed by atoms with Crippen LogP contribution in [0.1, 0.15) is 11.3 Å². The van der Waals surface area contributed by atoms with Crippen molar-refractivity contribution in [2.24, 2.45) is 0 Å². The molecule has 0 radical (unpaired) electrons. The standard InChI is InChI=1S/C11H11BrFN3/c1-7-4-11(14)16(15-7)6-8-5-9(12)2-3-10(8)13/h2-5H,6,14H2,1H3. The Morgan fingerprint density at radius 2 is 2.19 bits per heavy atom. The Labute approximate surface area is 101 Å². The third-order valence-corrected chi connectivity index (χ3v) is 2.75. The van der Waals surface area contributed by atoms with Gasteiger partial charge in [0.15, 0.2) is 0 Å². The average molecular weight is 284 g/mol. The molecular weight excluding hydrogens is 273 g/mol. The van der Waals surface area contributed by atoms with Gasteiger partial charge >= 0.3 is 0 Å². The number of hydrogen-bond acceptors (Lipinski definition) is 2. The summed E-state index contributed by atoms with van der Waals surface area (Å²) in [6, 6.07) is 6.57. The third-order valence-electron chi connectivity index (χ3n) is 2.26. The van der Waals surface area contributed by atoms with Gasteiger partial charge < -0.3 is 5.73 Å². The van der Waals surface area contributed by atoms with Gasteiger partial charge in [0, 0.05) is 16.1 Å². The molecule has 0 bridgehead atoms.